The van der Waals surface area contributed by atoms with Crippen LogP contribution in [0.2, 0.25) is 0 Å². The molecule has 0 bridgehead atoms. The lowest BCUT2D eigenvalue weighted by atomic mass is 10.0. The monoisotopic (exact) mass is 354 g/mol. The van der Waals surface area contributed by atoms with Crippen LogP contribution in [0.1, 0.15) is 16.7 Å². The number of hydrogen-bond donors (Lipinski definition) is 0. The number of aryl methyl sites for hydroxylation is 1. The summed E-state index contributed by atoms with van der Waals surface area (Å²) in [6.07, 6.45) is 0. The molecule has 0 saturated carbocycles. The topological polar surface area (TPSA) is 52.6 Å². The normalized spacial score (nSPS) is 14.7. The van der Waals surface area contributed by atoms with Gasteiger partial charge in [0.05, 0.1) is 11.1 Å². The van der Waals surface area contributed by atoms with Gasteiger partial charge in [-0.2, -0.15) is 0 Å². The third kappa shape index (κ3) is 2.30. The molecule has 0 saturated heterocycles. The molecule has 0 N–H and O–H groups in total. The smallest absolute Gasteiger partial charge is 0.345 e. The van der Waals surface area contributed by atoms with Gasteiger partial charge in [0.1, 0.15) is 0 Å². The van der Waals surface area contributed by atoms with E-state index in [0.29, 0.717) is 33.1 Å². The molecule has 0 amide bonds. The molecule has 0 spiro atoms. The summed E-state index contributed by atoms with van der Waals surface area (Å²) in [4.78, 5) is 25.0. The molecule has 2 heterocycles. The lowest BCUT2D eigenvalue weighted by Gasteiger charge is -2.01. The summed E-state index contributed by atoms with van der Waals surface area (Å²) in [5, 5.41) is 1.28. The van der Waals surface area contributed by atoms with E-state index in [-0.39, 0.29) is 0 Å². The first-order valence-corrected chi connectivity index (χ1v) is 8.62. The number of benzene rings is 3. The molecule has 0 unspecified atom stereocenters. The molecule has 0 atom stereocenters. The highest BCUT2D eigenvalue weighted by molar-refractivity contribution is 6.22. The van der Waals surface area contributed by atoms with E-state index in [4.69, 9.17) is 9.47 Å². The van der Waals surface area contributed by atoms with Crippen molar-refractivity contribution < 1.29 is 19.1 Å². The van der Waals surface area contributed by atoms with Gasteiger partial charge in [-0.1, -0.05) is 60.2 Å². The van der Waals surface area contributed by atoms with Crippen molar-refractivity contribution in [3.8, 4) is 11.5 Å². The lowest BCUT2D eigenvalue weighted by Crippen LogP contribution is -2.11. The Hall–Kier alpha value is -3.66. The molecule has 2 aliphatic heterocycles. The van der Waals surface area contributed by atoms with Crippen LogP contribution < -0.4 is 19.9 Å². The molecule has 4 heteroatoms. The fraction of sp³-hybridized carbons (Fsp3) is 0.0435. The molecule has 27 heavy (non-hydrogen) atoms. The van der Waals surface area contributed by atoms with E-state index < -0.39 is 11.9 Å². The number of esters is 2. The Morgan fingerprint density at radius 3 is 1.59 bits per heavy atom. The first-order valence-electron chi connectivity index (χ1n) is 8.62. The van der Waals surface area contributed by atoms with Crippen LogP contribution in [0.4, 0.5) is 0 Å². The van der Waals surface area contributed by atoms with E-state index in [1.54, 1.807) is 0 Å². The van der Waals surface area contributed by atoms with Gasteiger partial charge in [0, 0.05) is 10.4 Å². The summed E-state index contributed by atoms with van der Waals surface area (Å²) in [5.41, 5.74) is 3.62. The second-order valence-corrected chi connectivity index (χ2v) is 6.58. The highest BCUT2D eigenvalue weighted by atomic mass is 16.6. The second-order valence-electron chi connectivity index (χ2n) is 6.58. The van der Waals surface area contributed by atoms with Gasteiger partial charge >= 0.3 is 11.9 Å². The Labute approximate surface area is 155 Å². The molecule has 3 aromatic carbocycles. The first kappa shape index (κ1) is 15.6. The van der Waals surface area contributed by atoms with Crippen LogP contribution in [0, 0.1) is 6.92 Å². The van der Waals surface area contributed by atoms with Crippen molar-refractivity contribution in [2.75, 3.05) is 0 Å². The molecule has 0 aromatic heterocycles. The Bertz CT molecular complexity index is 1240. The predicted molar refractivity (Wildman–Crippen MR) is 99.6 cm³/mol. The van der Waals surface area contributed by atoms with E-state index in [1.807, 2.05) is 73.7 Å². The SMILES string of the molecule is Cc1ccc(C2=c3ccc4c(c3OC2=O)OC(=O)C=4c2ccccc2)cc1. The van der Waals surface area contributed by atoms with Crippen molar-refractivity contribution in [1.29, 1.82) is 0 Å². The van der Waals surface area contributed by atoms with Crippen LogP contribution in [0.25, 0.3) is 11.1 Å². The zero-order valence-corrected chi connectivity index (χ0v) is 14.5. The molecule has 0 fully saturated rings. The molecule has 130 valence electrons. The maximum absolute atomic E-state index is 12.5. The summed E-state index contributed by atoms with van der Waals surface area (Å²) in [6.45, 7) is 1.99. The number of fused-ring (bicyclic) bond motifs is 3. The van der Waals surface area contributed by atoms with Gasteiger partial charge in [0.25, 0.3) is 0 Å². The zero-order chi connectivity index (χ0) is 18.5. The van der Waals surface area contributed by atoms with Crippen LogP contribution in [0.3, 0.4) is 0 Å². The molecular weight excluding hydrogens is 340 g/mol. The van der Waals surface area contributed by atoms with Crippen LogP contribution >= 0.6 is 0 Å². The summed E-state index contributed by atoms with van der Waals surface area (Å²) < 4.78 is 11.0. The van der Waals surface area contributed by atoms with Crippen molar-refractivity contribution in [2.45, 2.75) is 6.92 Å². The maximum Gasteiger partial charge on any atom is 0.345 e. The van der Waals surface area contributed by atoms with Crippen LogP contribution in [0.15, 0.2) is 66.7 Å². The molecule has 4 nitrogen and oxygen atoms in total. The van der Waals surface area contributed by atoms with Gasteiger partial charge in [0.2, 0.25) is 0 Å². The van der Waals surface area contributed by atoms with Gasteiger partial charge in [-0.25, -0.2) is 9.59 Å². The van der Waals surface area contributed by atoms with Crippen molar-refractivity contribution in [3.05, 3.63) is 93.9 Å². The quantitative estimate of drug-likeness (QED) is 0.523. The predicted octanol–water partition coefficient (Wildman–Crippen LogP) is 2.23. The van der Waals surface area contributed by atoms with Gasteiger partial charge in [-0.15, -0.1) is 0 Å². The summed E-state index contributed by atoms with van der Waals surface area (Å²) >= 11 is 0. The molecule has 5 rings (SSSR count). The average molecular weight is 354 g/mol. The average Bonchev–Trinajstić information content (AvgIpc) is 3.19. The third-order valence-electron chi connectivity index (χ3n) is 4.85. The minimum absolute atomic E-state index is 0.312. The summed E-state index contributed by atoms with van der Waals surface area (Å²) in [7, 11) is 0. The number of carbonyl (C=O) groups is 2. The maximum atomic E-state index is 12.5. The fourth-order valence-corrected chi connectivity index (χ4v) is 3.54. The number of rotatable bonds is 2. The third-order valence-corrected chi connectivity index (χ3v) is 4.85. The van der Waals surface area contributed by atoms with E-state index in [1.165, 1.54) is 0 Å². The van der Waals surface area contributed by atoms with Gasteiger partial charge in [-0.3, -0.25) is 0 Å². The first-order chi connectivity index (χ1) is 13.1. The molecular formula is C23H14O4. The number of hydrogen-bond acceptors (Lipinski definition) is 4. The summed E-state index contributed by atoms with van der Waals surface area (Å²) in [5.74, 6) is -0.255. The highest BCUT2D eigenvalue weighted by Crippen LogP contribution is 2.32. The second kappa shape index (κ2) is 5.68. The van der Waals surface area contributed by atoms with E-state index in [0.717, 1.165) is 16.7 Å². The van der Waals surface area contributed by atoms with Gasteiger partial charge in [0.15, 0.2) is 11.5 Å². The Morgan fingerprint density at radius 1 is 0.593 bits per heavy atom. The largest absolute Gasteiger partial charge is 0.418 e. The van der Waals surface area contributed by atoms with Crippen LogP contribution in [-0.4, -0.2) is 11.9 Å². The Morgan fingerprint density at radius 2 is 1.07 bits per heavy atom. The molecule has 0 radical (unpaired) electrons. The van der Waals surface area contributed by atoms with Crippen LogP contribution in [0.5, 0.6) is 11.5 Å². The minimum Gasteiger partial charge on any atom is -0.418 e. The number of ether oxygens (including phenoxy) is 2. The van der Waals surface area contributed by atoms with Crippen molar-refractivity contribution in [1.82, 2.24) is 0 Å². The molecule has 3 aromatic rings. The van der Waals surface area contributed by atoms with E-state index in [2.05, 4.69) is 0 Å². The summed E-state index contributed by atoms with van der Waals surface area (Å²) in [6, 6.07) is 20.6. The van der Waals surface area contributed by atoms with Crippen molar-refractivity contribution in [3.63, 3.8) is 0 Å². The molecule has 2 aliphatic rings. The fourth-order valence-electron chi connectivity index (χ4n) is 3.54. The lowest BCUT2D eigenvalue weighted by molar-refractivity contribution is -0.129. The Kier molecular flexibility index (Phi) is 3.28. The standard InChI is InChI=1S/C23H14O4/c1-13-7-9-15(10-8-13)19-17-12-11-16-18(14-5-3-2-4-6-14)22(24)26-20(16)21(17)27-23(19)25/h2-12H,1H3. The molecule has 0 aliphatic carbocycles. The van der Waals surface area contributed by atoms with Gasteiger partial charge in [-0.05, 0) is 30.2 Å². The van der Waals surface area contributed by atoms with Crippen molar-refractivity contribution >= 4 is 23.1 Å². The number of carbonyl (C=O) groups excluding carboxylic acids is 2. The van der Waals surface area contributed by atoms with Crippen molar-refractivity contribution in [2.24, 2.45) is 0 Å². The van der Waals surface area contributed by atoms with E-state index >= 15 is 0 Å². The minimum atomic E-state index is -0.440. The zero-order valence-electron chi connectivity index (χ0n) is 14.5. The van der Waals surface area contributed by atoms with Crippen LogP contribution in [-0.2, 0) is 9.59 Å². The Balaban J connectivity index is 1.79. The highest BCUT2D eigenvalue weighted by Gasteiger charge is 2.33. The van der Waals surface area contributed by atoms with E-state index in [9.17, 15) is 9.59 Å². The van der Waals surface area contributed by atoms with Gasteiger partial charge < -0.3 is 9.47 Å².